The average molecular weight is 430 g/mol. The molecule has 0 unspecified atom stereocenters. The molecule has 5 heteroatoms. The van der Waals surface area contributed by atoms with Crippen molar-refractivity contribution in [1.82, 2.24) is 14.9 Å². The number of carbonyl (C=O) groups is 1. The van der Waals surface area contributed by atoms with Gasteiger partial charge in [-0.05, 0) is 54.2 Å². The second-order valence-corrected chi connectivity index (χ2v) is 8.72. The number of rotatable bonds is 3. The summed E-state index contributed by atoms with van der Waals surface area (Å²) in [5.74, 6) is 1.18. The standard InChI is InChI=1S/C26H24ClN3O/c1-16-14-15-30(24(16)25-28-22-13-12-21(27)17(2)23(22)29-25)26(31)20-11-7-6-10-19(20)18-8-4-3-5-9-18/h3-13,16,24H,14-15H2,1-2H3,(H,28,29)/t16-,24-/m0/s1. The lowest BCUT2D eigenvalue weighted by atomic mass is 9.98. The summed E-state index contributed by atoms with van der Waals surface area (Å²) in [6, 6.07) is 21.7. The van der Waals surface area contributed by atoms with Gasteiger partial charge in [-0.2, -0.15) is 0 Å². The van der Waals surface area contributed by atoms with Crippen LogP contribution in [0, 0.1) is 12.8 Å². The van der Waals surface area contributed by atoms with Gasteiger partial charge in [0, 0.05) is 17.1 Å². The summed E-state index contributed by atoms with van der Waals surface area (Å²) in [5, 5.41) is 0.703. The minimum atomic E-state index is -0.0955. The number of hydrogen-bond acceptors (Lipinski definition) is 2. The number of aromatic nitrogens is 2. The van der Waals surface area contributed by atoms with Crippen molar-refractivity contribution in [2.75, 3.05) is 6.54 Å². The Hall–Kier alpha value is -3.11. The predicted octanol–water partition coefficient (Wildman–Crippen LogP) is 6.42. The van der Waals surface area contributed by atoms with Crippen LogP contribution in [-0.2, 0) is 0 Å². The Morgan fingerprint density at radius 2 is 1.81 bits per heavy atom. The molecule has 0 bridgehead atoms. The van der Waals surface area contributed by atoms with E-state index in [1.54, 1.807) is 0 Å². The normalized spacial score (nSPS) is 18.6. The van der Waals surface area contributed by atoms with Gasteiger partial charge in [-0.15, -0.1) is 0 Å². The number of carbonyl (C=O) groups excluding carboxylic acids is 1. The van der Waals surface area contributed by atoms with Crippen molar-refractivity contribution in [2.45, 2.75) is 26.3 Å². The Labute approximate surface area is 186 Å². The maximum absolute atomic E-state index is 13.8. The van der Waals surface area contributed by atoms with E-state index in [-0.39, 0.29) is 11.9 Å². The van der Waals surface area contributed by atoms with Crippen LogP contribution in [-0.4, -0.2) is 27.3 Å². The Kier molecular flexibility index (Phi) is 5.03. The minimum Gasteiger partial charge on any atom is -0.340 e. The molecule has 156 valence electrons. The number of amides is 1. The van der Waals surface area contributed by atoms with Crippen LogP contribution in [0.15, 0.2) is 66.7 Å². The van der Waals surface area contributed by atoms with E-state index in [0.717, 1.165) is 45.5 Å². The molecule has 1 aromatic heterocycles. The van der Waals surface area contributed by atoms with Crippen molar-refractivity contribution in [3.63, 3.8) is 0 Å². The molecule has 1 saturated heterocycles. The first-order valence-electron chi connectivity index (χ1n) is 10.6. The number of H-pyrrole nitrogens is 1. The summed E-state index contributed by atoms with van der Waals surface area (Å²) in [5.41, 5.74) is 5.51. The quantitative estimate of drug-likeness (QED) is 0.408. The molecule has 0 radical (unpaired) electrons. The van der Waals surface area contributed by atoms with E-state index in [2.05, 4.69) is 11.9 Å². The molecule has 1 fully saturated rings. The molecule has 2 atom stereocenters. The molecule has 31 heavy (non-hydrogen) atoms. The topological polar surface area (TPSA) is 49.0 Å². The molecule has 0 spiro atoms. The zero-order valence-electron chi connectivity index (χ0n) is 17.6. The van der Waals surface area contributed by atoms with Gasteiger partial charge in [0.15, 0.2) is 0 Å². The Morgan fingerprint density at radius 1 is 1.06 bits per heavy atom. The van der Waals surface area contributed by atoms with Gasteiger partial charge in [0.1, 0.15) is 5.82 Å². The van der Waals surface area contributed by atoms with Gasteiger partial charge in [-0.3, -0.25) is 4.79 Å². The number of nitrogens with zero attached hydrogens (tertiary/aromatic N) is 2. The van der Waals surface area contributed by atoms with Crippen molar-refractivity contribution in [1.29, 1.82) is 0 Å². The fourth-order valence-electron chi connectivity index (χ4n) is 4.63. The number of nitrogens with one attached hydrogen (secondary N) is 1. The number of aryl methyl sites for hydroxylation is 1. The van der Waals surface area contributed by atoms with Crippen molar-refractivity contribution < 1.29 is 4.79 Å². The number of hydrogen-bond donors (Lipinski definition) is 1. The highest BCUT2D eigenvalue weighted by atomic mass is 35.5. The van der Waals surface area contributed by atoms with E-state index in [4.69, 9.17) is 16.6 Å². The third kappa shape index (κ3) is 3.41. The minimum absolute atomic E-state index is 0.0454. The zero-order valence-corrected chi connectivity index (χ0v) is 18.4. The Bertz CT molecular complexity index is 1260. The van der Waals surface area contributed by atoms with Crippen LogP contribution in [0.25, 0.3) is 22.2 Å². The van der Waals surface area contributed by atoms with Gasteiger partial charge in [0.25, 0.3) is 5.91 Å². The molecule has 4 nitrogen and oxygen atoms in total. The molecule has 1 N–H and O–H groups in total. The lowest BCUT2D eigenvalue weighted by molar-refractivity contribution is 0.0715. The van der Waals surface area contributed by atoms with Crippen LogP contribution in [0.4, 0.5) is 0 Å². The van der Waals surface area contributed by atoms with Crippen LogP contribution in [0.3, 0.4) is 0 Å². The van der Waals surface area contributed by atoms with E-state index in [1.165, 1.54) is 0 Å². The fraction of sp³-hybridized carbons (Fsp3) is 0.231. The highest BCUT2D eigenvalue weighted by Crippen LogP contribution is 2.39. The lowest BCUT2D eigenvalue weighted by Crippen LogP contribution is -2.32. The van der Waals surface area contributed by atoms with Gasteiger partial charge >= 0.3 is 0 Å². The molecule has 0 aliphatic carbocycles. The summed E-state index contributed by atoms with van der Waals surface area (Å²) < 4.78 is 0. The number of likely N-dealkylation sites (tertiary alicyclic amines) is 1. The van der Waals surface area contributed by atoms with Crippen molar-refractivity contribution in [2.24, 2.45) is 5.92 Å². The van der Waals surface area contributed by atoms with Crippen LogP contribution in [0.1, 0.15) is 41.1 Å². The molecular weight excluding hydrogens is 406 g/mol. The van der Waals surface area contributed by atoms with Gasteiger partial charge in [-0.1, -0.05) is 67.1 Å². The van der Waals surface area contributed by atoms with Crippen molar-refractivity contribution in [3.05, 3.63) is 88.7 Å². The predicted molar refractivity (Wildman–Crippen MR) is 125 cm³/mol. The second kappa shape index (κ2) is 7.86. The molecule has 1 aliphatic heterocycles. The highest BCUT2D eigenvalue weighted by Gasteiger charge is 2.38. The van der Waals surface area contributed by atoms with Gasteiger partial charge in [0.2, 0.25) is 0 Å². The van der Waals surface area contributed by atoms with Crippen molar-refractivity contribution in [3.8, 4) is 11.1 Å². The fourth-order valence-corrected chi connectivity index (χ4v) is 4.79. The Balaban J connectivity index is 1.55. The van der Waals surface area contributed by atoms with Crippen LogP contribution < -0.4 is 0 Å². The summed E-state index contributed by atoms with van der Waals surface area (Å²) >= 11 is 6.30. The maximum atomic E-state index is 13.8. The lowest BCUT2D eigenvalue weighted by Gasteiger charge is -2.26. The number of aromatic amines is 1. The highest BCUT2D eigenvalue weighted by molar-refractivity contribution is 6.32. The summed E-state index contributed by atoms with van der Waals surface area (Å²) in [6.45, 7) is 4.88. The second-order valence-electron chi connectivity index (χ2n) is 8.31. The average Bonchev–Trinajstić information content (AvgIpc) is 3.40. The van der Waals surface area contributed by atoms with Crippen LogP contribution >= 0.6 is 11.6 Å². The van der Waals surface area contributed by atoms with Gasteiger partial charge in [0.05, 0.1) is 17.1 Å². The molecule has 1 aliphatic rings. The number of imidazole rings is 1. The zero-order chi connectivity index (χ0) is 21.5. The maximum Gasteiger partial charge on any atom is 0.255 e. The molecule has 1 amide bonds. The first-order chi connectivity index (χ1) is 15.0. The van der Waals surface area contributed by atoms with Gasteiger partial charge in [-0.25, -0.2) is 4.98 Å². The smallest absolute Gasteiger partial charge is 0.255 e. The molecule has 2 heterocycles. The molecule has 4 aromatic rings. The molecule has 0 saturated carbocycles. The summed E-state index contributed by atoms with van der Waals surface area (Å²) in [6.07, 6.45) is 0.945. The molecule has 3 aromatic carbocycles. The third-order valence-electron chi connectivity index (χ3n) is 6.34. The van der Waals surface area contributed by atoms with E-state index in [0.29, 0.717) is 17.5 Å². The monoisotopic (exact) mass is 429 g/mol. The van der Waals surface area contributed by atoms with Crippen LogP contribution in [0.2, 0.25) is 5.02 Å². The van der Waals surface area contributed by atoms with Crippen molar-refractivity contribution >= 4 is 28.5 Å². The number of halogens is 1. The first-order valence-corrected chi connectivity index (χ1v) is 11.0. The van der Waals surface area contributed by atoms with E-state index in [1.807, 2.05) is 78.6 Å². The van der Waals surface area contributed by atoms with E-state index >= 15 is 0 Å². The van der Waals surface area contributed by atoms with E-state index < -0.39 is 0 Å². The summed E-state index contributed by atoms with van der Waals surface area (Å²) in [4.78, 5) is 24.1. The molecule has 5 rings (SSSR count). The van der Waals surface area contributed by atoms with Gasteiger partial charge < -0.3 is 9.88 Å². The Morgan fingerprint density at radius 3 is 2.61 bits per heavy atom. The third-order valence-corrected chi connectivity index (χ3v) is 6.75. The number of benzene rings is 3. The van der Waals surface area contributed by atoms with E-state index in [9.17, 15) is 4.79 Å². The summed E-state index contributed by atoms with van der Waals surface area (Å²) in [7, 11) is 0. The largest absolute Gasteiger partial charge is 0.340 e. The SMILES string of the molecule is Cc1c(Cl)ccc2[nH]c([C@@H]3[C@@H](C)CCN3C(=O)c3ccccc3-c3ccccc3)nc12. The van der Waals surface area contributed by atoms with Crippen LogP contribution in [0.5, 0.6) is 0 Å². The molecular formula is C26H24ClN3O. The first kappa shape index (κ1) is 19.8. The number of fused-ring (bicyclic) bond motifs is 1.